The van der Waals surface area contributed by atoms with E-state index >= 15 is 0 Å². The molecule has 1 fully saturated rings. The first-order chi connectivity index (χ1) is 12.6. The molecule has 0 aromatic carbocycles. The average Bonchev–Trinajstić information content (AvgIpc) is 2.68. The van der Waals surface area contributed by atoms with Crippen LogP contribution in [0.1, 0.15) is 39.2 Å². The van der Waals surface area contributed by atoms with Crippen molar-refractivity contribution in [1.29, 1.82) is 0 Å². The predicted molar refractivity (Wildman–Crippen MR) is 111 cm³/mol. The molecule has 0 unspecified atom stereocenters. The van der Waals surface area contributed by atoms with Gasteiger partial charge in [0.1, 0.15) is 5.82 Å². The van der Waals surface area contributed by atoms with Crippen molar-refractivity contribution in [1.82, 2.24) is 20.5 Å². The predicted octanol–water partition coefficient (Wildman–Crippen LogP) is 2.32. The molecule has 26 heavy (non-hydrogen) atoms. The van der Waals surface area contributed by atoms with Crippen LogP contribution in [0.4, 0.5) is 5.82 Å². The highest BCUT2D eigenvalue weighted by Crippen LogP contribution is 2.14. The number of aliphatic imine (C=N–C) groups is 1. The number of guanidine groups is 1. The Morgan fingerprint density at radius 1 is 1.19 bits per heavy atom. The fraction of sp³-hybridized carbons (Fsp3) is 0.700. The first-order valence-electron chi connectivity index (χ1n) is 9.99. The van der Waals surface area contributed by atoms with E-state index in [1.54, 1.807) is 0 Å². The summed E-state index contributed by atoms with van der Waals surface area (Å²) in [5, 5.41) is 6.74. The van der Waals surface area contributed by atoms with Crippen LogP contribution in [0.25, 0.3) is 0 Å². The second-order valence-corrected chi connectivity index (χ2v) is 7.33. The van der Waals surface area contributed by atoms with Crippen molar-refractivity contribution in [3.8, 4) is 0 Å². The molecule has 0 aliphatic carbocycles. The lowest BCUT2D eigenvalue weighted by molar-refractivity contribution is 0.270. The summed E-state index contributed by atoms with van der Waals surface area (Å²) >= 11 is 0. The van der Waals surface area contributed by atoms with Crippen LogP contribution in [-0.2, 0) is 6.54 Å². The van der Waals surface area contributed by atoms with Gasteiger partial charge >= 0.3 is 0 Å². The molecule has 2 N–H and O–H groups in total. The van der Waals surface area contributed by atoms with E-state index in [1.165, 1.54) is 18.4 Å². The highest BCUT2D eigenvalue weighted by Gasteiger charge is 2.16. The monoisotopic (exact) mass is 360 g/mol. The number of likely N-dealkylation sites (N-methyl/N-ethyl adjacent to an activating group) is 1. The molecule has 0 amide bonds. The Bertz CT molecular complexity index is 532. The smallest absolute Gasteiger partial charge is 0.191 e. The van der Waals surface area contributed by atoms with Crippen LogP contribution in [0.15, 0.2) is 23.3 Å². The number of piperazine rings is 1. The summed E-state index contributed by atoms with van der Waals surface area (Å²) in [6.07, 6.45) is 4.38. The van der Waals surface area contributed by atoms with E-state index in [2.05, 4.69) is 63.3 Å². The zero-order valence-corrected chi connectivity index (χ0v) is 17.0. The summed E-state index contributed by atoms with van der Waals surface area (Å²) in [5.41, 5.74) is 1.17. The quantitative estimate of drug-likeness (QED) is 0.423. The normalized spacial score (nSPS) is 16.2. The van der Waals surface area contributed by atoms with Crippen LogP contribution in [-0.4, -0.2) is 62.2 Å². The summed E-state index contributed by atoms with van der Waals surface area (Å²) in [4.78, 5) is 13.8. The average molecular weight is 361 g/mol. The molecule has 1 saturated heterocycles. The molecular weight excluding hydrogens is 324 g/mol. The van der Waals surface area contributed by atoms with Crippen molar-refractivity contribution < 1.29 is 0 Å². The Kier molecular flexibility index (Phi) is 8.68. The molecule has 0 radical (unpaired) electrons. The maximum absolute atomic E-state index is 4.66. The lowest BCUT2D eigenvalue weighted by Crippen LogP contribution is -2.46. The standard InChI is InChI=1S/C20H36N6/c1-5-25-11-13-26(14-12-25)19-9-8-18(15-23-19)16-24-20(21-4)22-10-6-7-17(2)3/h8-9,15,17H,5-7,10-14,16H2,1-4H3,(H2,21,22,24). The van der Waals surface area contributed by atoms with Crippen LogP contribution in [0.5, 0.6) is 0 Å². The number of nitrogens with zero attached hydrogens (tertiary/aromatic N) is 4. The van der Waals surface area contributed by atoms with E-state index in [0.717, 1.165) is 63.5 Å². The summed E-state index contributed by atoms with van der Waals surface area (Å²) in [6.45, 7) is 13.9. The van der Waals surface area contributed by atoms with Crippen LogP contribution in [0.2, 0.25) is 0 Å². The molecule has 0 spiro atoms. The lowest BCUT2D eigenvalue weighted by atomic mass is 10.1. The molecule has 1 aromatic rings. The minimum atomic E-state index is 0.737. The van der Waals surface area contributed by atoms with Crippen molar-refractivity contribution >= 4 is 11.8 Å². The van der Waals surface area contributed by atoms with Crippen LogP contribution < -0.4 is 15.5 Å². The number of rotatable bonds is 8. The minimum absolute atomic E-state index is 0.737. The maximum Gasteiger partial charge on any atom is 0.191 e. The summed E-state index contributed by atoms with van der Waals surface area (Å²) in [5.74, 6) is 2.69. The van der Waals surface area contributed by atoms with Crippen molar-refractivity contribution in [3.05, 3.63) is 23.9 Å². The Balaban J connectivity index is 1.74. The van der Waals surface area contributed by atoms with Gasteiger partial charge in [-0.2, -0.15) is 0 Å². The Labute approximate surface area is 159 Å². The lowest BCUT2D eigenvalue weighted by Gasteiger charge is -2.34. The SMILES string of the molecule is CCN1CCN(c2ccc(CNC(=NC)NCCCC(C)C)cn2)CC1. The molecule has 0 atom stereocenters. The van der Waals surface area contributed by atoms with Gasteiger partial charge < -0.3 is 20.4 Å². The minimum Gasteiger partial charge on any atom is -0.356 e. The van der Waals surface area contributed by atoms with Crippen molar-refractivity contribution in [2.75, 3.05) is 51.2 Å². The van der Waals surface area contributed by atoms with Gasteiger partial charge in [0.15, 0.2) is 5.96 Å². The molecule has 0 saturated carbocycles. The third kappa shape index (κ3) is 6.83. The van der Waals surface area contributed by atoms with Gasteiger partial charge in [-0.05, 0) is 36.9 Å². The Hall–Kier alpha value is -1.82. The number of nitrogens with one attached hydrogen (secondary N) is 2. The third-order valence-electron chi connectivity index (χ3n) is 4.89. The highest BCUT2D eigenvalue weighted by atomic mass is 15.3. The molecular formula is C20H36N6. The highest BCUT2D eigenvalue weighted by molar-refractivity contribution is 5.79. The maximum atomic E-state index is 4.66. The van der Waals surface area contributed by atoms with Gasteiger partial charge in [0.05, 0.1) is 0 Å². The number of pyridine rings is 1. The van der Waals surface area contributed by atoms with Crippen molar-refractivity contribution in [3.63, 3.8) is 0 Å². The molecule has 146 valence electrons. The number of anilines is 1. The summed E-state index contributed by atoms with van der Waals surface area (Å²) < 4.78 is 0. The first-order valence-corrected chi connectivity index (χ1v) is 9.99. The summed E-state index contributed by atoms with van der Waals surface area (Å²) in [6, 6.07) is 4.30. The second kappa shape index (κ2) is 11.0. The number of hydrogen-bond donors (Lipinski definition) is 2. The number of aromatic nitrogens is 1. The molecule has 1 aromatic heterocycles. The Morgan fingerprint density at radius 2 is 1.96 bits per heavy atom. The molecule has 6 nitrogen and oxygen atoms in total. The molecule has 6 heteroatoms. The zero-order valence-electron chi connectivity index (χ0n) is 17.0. The van der Waals surface area contributed by atoms with Gasteiger partial charge in [-0.1, -0.05) is 26.8 Å². The molecule has 1 aliphatic rings. The van der Waals surface area contributed by atoms with Crippen LogP contribution >= 0.6 is 0 Å². The van der Waals surface area contributed by atoms with E-state index in [1.807, 2.05) is 13.2 Å². The van der Waals surface area contributed by atoms with Gasteiger partial charge in [0.25, 0.3) is 0 Å². The van der Waals surface area contributed by atoms with Crippen LogP contribution in [0.3, 0.4) is 0 Å². The van der Waals surface area contributed by atoms with Crippen molar-refractivity contribution in [2.24, 2.45) is 10.9 Å². The number of hydrogen-bond acceptors (Lipinski definition) is 4. The van der Waals surface area contributed by atoms with E-state index in [9.17, 15) is 0 Å². The van der Waals surface area contributed by atoms with Gasteiger partial charge in [-0.3, -0.25) is 4.99 Å². The molecule has 2 rings (SSSR count). The van der Waals surface area contributed by atoms with Gasteiger partial charge in [0, 0.05) is 52.5 Å². The topological polar surface area (TPSA) is 55.8 Å². The molecule has 2 heterocycles. The van der Waals surface area contributed by atoms with E-state index < -0.39 is 0 Å². The second-order valence-electron chi connectivity index (χ2n) is 7.33. The summed E-state index contributed by atoms with van der Waals surface area (Å²) in [7, 11) is 1.81. The van der Waals surface area contributed by atoms with Gasteiger partial charge in [-0.25, -0.2) is 4.98 Å². The van der Waals surface area contributed by atoms with Gasteiger partial charge in [0.2, 0.25) is 0 Å². The fourth-order valence-corrected chi connectivity index (χ4v) is 3.13. The van der Waals surface area contributed by atoms with E-state index in [0.29, 0.717) is 0 Å². The fourth-order valence-electron chi connectivity index (χ4n) is 3.13. The zero-order chi connectivity index (χ0) is 18.8. The van der Waals surface area contributed by atoms with E-state index in [4.69, 9.17) is 0 Å². The van der Waals surface area contributed by atoms with Crippen molar-refractivity contribution in [2.45, 2.75) is 40.2 Å². The molecule has 0 bridgehead atoms. The van der Waals surface area contributed by atoms with Gasteiger partial charge in [-0.15, -0.1) is 0 Å². The first kappa shape index (κ1) is 20.5. The van der Waals surface area contributed by atoms with Crippen LogP contribution in [0, 0.1) is 5.92 Å². The Morgan fingerprint density at radius 3 is 2.54 bits per heavy atom. The molecule has 1 aliphatic heterocycles. The third-order valence-corrected chi connectivity index (χ3v) is 4.89. The largest absolute Gasteiger partial charge is 0.356 e. The van der Waals surface area contributed by atoms with E-state index in [-0.39, 0.29) is 0 Å².